The van der Waals surface area contributed by atoms with Crippen LogP contribution in [0, 0.1) is 5.41 Å². The van der Waals surface area contributed by atoms with Crippen LogP contribution in [-0.4, -0.2) is 18.4 Å². The molecule has 0 aromatic heterocycles. The van der Waals surface area contributed by atoms with Gasteiger partial charge in [-0.3, -0.25) is 9.59 Å². The molecule has 2 N–H and O–H groups in total. The zero-order valence-electron chi connectivity index (χ0n) is 21.0. The maximum absolute atomic E-state index is 12.5. The third-order valence-electron chi connectivity index (χ3n) is 5.10. The number of rotatable bonds is 5. The Labute approximate surface area is 192 Å². The summed E-state index contributed by atoms with van der Waals surface area (Å²) in [5.74, 6) is 0.369. The summed E-state index contributed by atoms with van der Waals surface area (Å²) in [5.41, 5.74) is 2.95. The summed E-state index contributed by atoms with van der Waals surface area (Å²) in [6.45, 7) is 18.4. The number of anilines is 2. The van der Waals surface area contributed by atoms with Gasteiger partial charge in [0, 0.05) is 16.8 Å². The van der Waals surface area contributed by atoms with Crippen LogP contribution in [0.2, 0.25) is 0 Å². The number of carbonyl (C=O) groups excluding carboxylic acids is 2. The Morgan fingerprint density at radius 3 is 1.91 bits per heavy atom. The molecule has 5 nitrogen and oxygen atoms in total. The molecule has 174 valence electrons. The number of benzene rings is 2. The summed E-state index contributed by atoms with van der Waals surface area (Å²) in [4.78, 5) is 24.7. The predicted octanol–water partition coefficient (Wildman–Crippen LogP) is 6.28. The van der Waals surface area contributed by atoms with E-state index in [1.807, 2.05) is 26.8 Å². The van der Waals surface area contributed by atoms with E-state index in [9.17, 15) is 9.59 Å². The monoisotopic (exact) mass is 438 g/mol. The standard InChI is InChI=1S/C27H38N2O3/c1-25(2,3)18-13-14-22(21(15-18)26(4,5)6)32-17-23(30)28-19-11-10-12-20(16-19)29-24(31)27(7,8)9/h10-16H,17H2,1-9H3,(H,28,30)(H,29,31). The average molecular weight is 439 g/mol. The average Bonchev–Trinajstić information content (AvgIpc) is 2.64. The second kappa shape index (κ2) is 9.35. The molecular formula is C27H38N2O3. The van der Waals surface area contributed by atoms with Crippen LogP contribution in [0.3, 0.4) is 0 Å². The van der Waals surface area contributed by atoms with Gasteiger partial charge in [0.25, 0.3) is 5.91 Å². The van der Waals surface area contributed by atoms with Crippen molar-refractivity contribution in [2.75, 3.05) is 17.2 Å². The molecule has 2 aromatic carbocycles. The molecule has 0 aliphatic rings. The van der Waals surface area contributed by atoms with E-state index in [-0.39, 0.29) is 29.3 Å². The van der Waals surface area contributed by atoms with Crippen molar-refractivity contribution >= 4 is 23.2 Å². The first-order valence-electron chi connectivity index (χ1n) is 11.1. The van der Waals surface area contributed by atoms with Crippen molar-refractivity contribution in [1.82, 2.24) is 0 Å². The van der Waals surface area contributed by atoms with Crippen LogP contribution in [0.1, 0.15) is 73.4 Å². The fourth-order valence-electron chi connectivity index (χ4n) is 3.04. The van der Waals surface area contributed by atoms with Crippen molar-refractivity contribution in [3.63, 3.8) is 0 Å². The number of amides is 2. The highest BCUT2D eigenvalue weighted by Gasteiger charge is 2.24. The molecule has 0 radical (unpaired) electrons. The molecule has 2 amide bonds. The van der Waals surface area contributed by atoms with Gasteiger partial charge in [-0.25, -0.2) is 0 Å². The quantitative estimate of drug-likeness (QED) is 0.577. The number of hydrogen-bond acceptors (Lipinski definition) is 3. The Morgan fingerprint density at radius 1 is 0.781 bits per heavy atom. The summed E-state index contributed by atoms with van der Waals surface area (Å²) in [6, 6.07) is 13.3. The SMILES string of the molecule is CC(C)(C)C(=O)Nc1cccc(NC(=O)COc2ccc(C(C)(C)C)cc2C(C)(C)C)c1. The van der Waals surface area contributed by atoms with Gasteiger partial charge < -0.3 is 15.4 Å². The molecular weight excluding hydrogens is 400 g/mol. The van der Waals surface area contributed by atoms with Crippen LogP contribution in [0.25, 0.3) is 0 Å². The molecule has 0 spiro atoms. The summed E-state index contributed by atoms with van der Waals surface area (Å²) < 4.78 is 5.92. The first-order chi connectivity index (χ1) is 14.6. The fourth-order valence-corrected chi connectivity index (χ4v) is 3.04. The topological polar surface area (TPSA) is 67.4 Å². The second-order valence-corrected chi connectivity index (χ2v) is 11.3. The lowest BCUT2D eigenvalue weighted by Crippen LogP contribution is -2.27. The Morgan fingerprint density at radius 2 is 1.38 bits per heavy atom. The number of ether oxygens (including phenoxy) is 1. The number of carbonyl (C=O) groups is 2. The van der Waals surface area contributed by atoms with E-state index >= 15 is 0 Å². The third-order valence-corrected chi connectivity index (χ3v) is 5.10. The molecule has 0 heterocycles. The molecule has 0 aliphatic heterocycles. The summed E-state index contributed by atoms with van der Waals surface area (Å²) in [5, 5.41) is 5.72. The van der Waals surface area contributed by atoms with E-state index < -0.39 is 5.41 Å². The fraction of sp³-hybridized carbons (Fsp3) is 0.481. The highest BCUT2D eigenvalue weighted by atomic mass is 16.5. The molecule has 0 saturated carbocycles. The van der Waals surface area contributed by atoms with Crippen molar-refractivity contribution in [3.05, 3.63) is 53.6 Å². The lowest BCUT2D eigenvalue weighted by molar-refractivity contribution is -0.123. The maximum Gasteiger partial charge on any atom is 0.262 e. The van der Waals surface area contributed by atoms with Gasteiger partial charge in [0.1, 0.15) is 5.75 Å². The zero-order chi connectivity index (χ0) is 24.3. The Bertz CT molecular complexity index is 974. The Hall–Kier alpha value is -2.82. The maximum atomic E-state index is 12.5. The minimum atomic E-state index is -0.500. The van der Waals surface area contributed by atoms with Gasteiger partial charge in [-0.2, -0.15) is 0 Å². The van der Waals surface area contributed by atoms with E-state index in [1.54, 1.807) is 24.3 Å². The van der Waals surface area contributed by atoms with Crippen LogP contribution >= 0.6 is 0 Å². The van der Waals surface area contributed by atoms with Gasteiger partial charge in [0.2, 0.25) is 5.91 Å². The van der Waals surface area contributed by atoms with Crippen molar-refractivity contribution in [3.8, 4) is 5.75 Å². The predicted molar refractivity (Wildman–Crippen MR) is 132 cm³/mol. The second-order valence-electron chi connectivity index (χ2n) is 11.3. The normalized spacial score (nSPS) is 12.3. The van der Waals surface area contributed by atoms with E-state index in [1.165, 1.54) is 5.56 Å². The number of nitrogens with one attached hydrogen (secondary N) is 2. The minimum Gasteiger partial charge on any atom is -0.483 e. The van der Waals surface area contributed by atoms with E-state index in [0.717, 1.165) is 5.56 Å². The molecule has 0 fully saturated rings. The van der Waals surface area contributed by atoms with Gasteiger partial charge in [-0.05, 0) is 46.2 Å². The van der Waals surface area contributed by atoms with Gasteiger partial charge in [0.05, 0.1) is 0 Å². The molecule has 0 aliphatic carbocycles. The first-order valence-corrected chi connectivity index (χ1v) is 11.1. The smallest absolute Gasteiger partial charge is 0.262 e. The van der Waals surface area contributed by atoms with Crippen LogP contribution in [-0.2, 0) is 20.4 Å². The molecule has 2 rings (SSSR count). The third kappa shape index (κ3) is 7.11. The molecule has 2 aromatic rings. The van der Waals surface area contributed by atoms with Crippen LogP contribution < -0.4 is 15.4 Å². The number of hydrogen-bond donors (Lipinski definition) is 2. The lowest BCUT2D eigenvalue weighted by atomic mass is 9.80. The van der Waals surface area contributed by atoms with Gasteiger partial charge in [-0.15, -0.1) is 0 Å². The van der Waals surface area contributed by atoms with E-state index in [0.29, 0.717) is 17.1 Å². The van der Waals surface area contributed by atoms with E-state index in [2.05, 4.69) is 64.3 Å². The Kier molecular flexibility index (Phi) is 7.44. The molecule has 0 unspecified atom stereocenters. The molecule has 5 heteroatoms. The van der Waals surface area contributed by atoms with Crippen LogP contribution in [0.5, 0.6) is 5.75 Å². The van der Waals surface area contributed by atoms with E-state index in [4.69, 9.17) is 4.74 Å². The molecule has 0 bridgehead atoms. The van der Waals surface area contributed by atoms with Crippen molar-refractivity contribution in [2.45, 2.75) is 73.1 Å². The molecule has 32 heavy (non-hydrogen) atoms. The summed E-state index contributed by atoms with van der Waals surface area (Å²) >= 11 is 0. The summed E-state index contributed by atoms with van der Waals surface area (Å²) in [6.07, 6.45) is 0. The van der Waals surface area contributed by atoms with Crippen molar-refractivity contribution in [1.29, 1.82) is 0 Å². The molecule has 0 saturated heterocycles. The van der Waals surface area contributed by atoms with Gasteiger partial charge >= 0.3 is 0 Å². The largest absolute Gasteiger partial charge is 0.483 e. The van der Waals surface area contributed by atoms with Crippen molar-refractivity contribution in [2.24, 2.45) is 5.41 Å². The van der Waals surface area contributed by atoms with Gasteiger partial charge in [-0.1, -0.05) is 80.5 Å². The van der Waals surface area contributed by atoms with Gasteiger partial charge in [0.15, 0.2) is 6.61 Å². The van der Waals surface area contributed by atoms with Crippen LogP contribution in [0.4, 0.5) is 11.4 Å². The zero-order valence-corrected chi connectivity index (χ0v) is 21.0. The first kappa shape index (κ1) is 25.4. The Balaban J connectivity index is 2.09. The van der Waals surface area contributed by atoms with Crippen molar-refractivity contribution < 1.29 is 14.3 Å². The highest BCUT2D eigenvalue weighted by Crippen LogP contribution is 2.35. The summed E-state index contributed by atoms with van der Waals surface area (Å²) in [7, 11) is 0. The lowest BCUT2D eigenvalue weighted by Gasteiger charge is -2.27. The highest BCUT2D eigenvalue weighted by molar-refractivity contribution is 5.96. The minimum absolute atomic E-state index is 0.0311. The molecule has 0 atom stereocenters. The van der Waals surface area contributed by atoms with Crippen LogP contribution in [0.15, 0.2) is 42.5 Å².